The predicted octanol–water partition coefficient (Wildman–Crippen LogP) is 5.70. The van der Waals surface area contributed by atoms with E-state index in [1.54, 1.807) is 0 Å². The van der Waals surface area contributed by atoms with Crippen molar-refractivity contribution in [2.45, 2.75) is 25.2 Å². The number of hydrogen-bond acceptors (Lipinski definition) is 4. The second-order valence-corrected chi connectivity index (χ2v) is 8.35. The van der Waals surface area contributed by atoms with Crippen molar-refractivity contribution in [2.75, 3.05) is 25.0 Å². The molecule has 5 nitrogen and oxygen atoms in total. The summed E-state index contributed by atoms with van der Waals surface area (Å²) in [5, 5.41) is 3.11. The van der Waals surface area contributed by atoms with Crippen LogP contribution in [-0.4, -0.2) is 35.4 Å². The van der Waals surface area contributed by atoms with Crippen molar-refractivity contribution in [3.05, 3.63) is 84.8 Å². The van der Waals surface area contributed by atoms with Crippen LogP contribution in [0.4, 0.5) is 5.69 Å². The molecular weight excluding hydrogens is 398 g/mol. The number of likely N-dealkylation sites (tertiary alicyclic amines) is 1. The Balaban J connectivity index is 1.14. The standard InChI is InChI=1S/C27H27N3O2/c31-26(28-23-11-5-4-10-22(23)20-8-2-1-3-9-20)16-19-30-17-14-21(15-18-30)27-29-24-12-6-7-13-25(24)32-27/h1-13,21H,14-19H2,(H,28,31). The Hall–Kier alpha value is -3.44. The van der Waals surface area contributed by atoms with Gasteiger partial charge in [-0.25, -0.2) is 4.98 Å². The minimum Gasteiger partial charge on any atom is -0.440 e. The quantitative estimate of drug-likeness (QED) is 0.430. The summed E-state index contributed by atoms with van der Waals surface area (Å²) in [7, 11) is 0. The van der Waals surface area contributed by atoms with E-state index in [4.69, 9.17) is 4.42 Å². The van der Waals surface area contributed by atoms with E-state index < -0.39 is 0 Å². The zero-order chi connectivity index (χ0) is 21.8. The Morgan fingerprint density at radius 3 is 2.47 bits per heavy atom. The average molecular weight is 426 g/mol. The summed E-state index contributed by atoms with van der Waals surface area (Å²) < 4.78 is 5.96. The van der Waals surface area contributed by atoms with Crippen LogP contribution in [-0.2, 0) is 4.79 Å². The van der Waals surface area contributed by atoms with Crippen molar-refractivity contribution in [1.29, 1.82) is 0 Å². The Labute approximate surface area is 188 Å². The van der Waals surface area contributed by atoms with E-state index in [-0.39, 0.29) is 5.91 Å². The first-order chi connectivity index (χ1) is 15.8. The monoisotopic (exact) mass is 425 g/mol. The molecule has 1 aromatic heterocycles. The van der Waals surface area contributed by atoms with Gasteiger partial charge < -0.3 is 14.6 Å². The molecule has 3 aromatic carbocycles. The number of piperidine rings is 1. The van der Waals surface area contributed by atoms with Gasteiger partial charge in [-0.05, 0) is 49.7 Å². The van der Waals surface area contributed by atoms with Crippen LogP contribution in [0.3, 0.4) is 0 Å². The van der Waals surface area contributed by atoms with Gasteiger partial charge in [-0.2, -0.15) is 0 Å². The number of para-hydroxylation sites is 3. The van der Waals surface area contributed by atoms with E-state index in [1.165, 1.54) is 0 Å². The van der Waals surface area contributed by atoms with E-state index in [0.29, 0.717) is 12.3 Å². The van der Waals surface area contributed by atoms with Gasteiger partial charge in [0.1, 0.15) is 5.52 Å². The first-order valence-corrected chi connectivity index (χ1v) is 11.3. The molecule has 0 spiro atoms. The van der Waals surface area contributed by atoms with Gasteiger partial charge in [0.15, 0.2) is 11.5 Å². The van der Waals surface area contributed by atoms with Crippen LogP contribution in [0.2, 0.25) is 0 Å². The van der Waals surface area contributed by atoms with Crippen LogP contribution in [0.25, 0.3) is 22.2 Å². The summed E-state index contributed by atoms with van der Waals surface area (Å²) >= 11 is 0. The molecule has 1 fully saturated rings. The molecule has 4 aromatic rings. The maximum atomic E-state index is 12.7. The smallest absolute Gasteiger partial charge is 0.225 e. The minimum absolute atomic E-state index is 0.0504. The third-order valence-electron chi connectivity index (χ3n) is 6.19. The highest BCUT2D eigenvalue weighted by Gasteiger charge is 2.25. The van der Waals surface area contributed by atoms with Crippen LogP contribution in [0.5, 0.6) is 0 Å². The maximum absolute atomic E-state index is 12.7. The number of fused-ring (bicyclic) bond motifs is 1. The topological polar surface area (TPSA) is 58.4 Å². The number of aromatic nitrogens is 1. The molecule has 5 heteroatoms. The molecule has 0 radical (unpaired) electrons. The van der Waals surface area contributed by atoms with Crippen LogP contribution in [0.1, 0.15) is 31.1 Å². The average Bonchev–Trinajstić information content (AvgIpc) is 3.28. The number of oxazole rings is 1. The Morgan fingerprint density at radius 2 is 1.66 bits per heavy atom. The second kappa shape index (κ2) is 9.37. The number of benzene rings is 3. The number of hydrogen-bond donors (Lipinski definition) is 1. The molecule has 5 rings (SSSR count). The Bertz CT molecular complexity index is 1160. The van der Waals surface area contributed by atoms with Crippen LogP contribution in [0.15, 0.2) is 83.3 Å². The minimum atomic E-state index is 0.0504. The Morgan fingerprint density at radius 1 is 0.938 bits per heavy atom. The highest BCUT2D eigenvalue weighted by molar-refractivity contribution is 5.95. The lowest BCUT2D eigenvalue weighted by Gasteiger charge is -2.30. The molecule has 32 heavy (non-hydrogen) atoms. The fourth-order valence-corrected chi connectivity index (χ4v) is 4.40. The molecule has 1 N–H and O–H groups in total. The van der Waals surface area contributed by atoms with E-state index >= 15 is 0 Å². The zero-order valence-corrected chi connectivity index (χ0v) is 18.0. The number of amides is 1. The van der Waals surface area contributed by atoms with Gasteiger partial charge in [-0.1, -0.05) is 60.7 Å². The van der Waals surface area contributed by atoms with Gasteiger partial charge in [0.25, 0.3) is 0 Å². The zero-order valence-electron chi connectivity index (χ0n) is 18.0. The summed E-state index contributed by atoms with van der Waals surface area (Å²) in [4.78, 5) is 19.7. The van der Waals surface area contributed by atoms with Crippen molar-refractivity contribution in [2.24, 2.45) is 0 Å². The van der Waals surface area contributed by atoms with Crippen LogP contribution < -0.4 is 5.32 Å². The first-order valence-electron chi connectivity index (χ1n) is 11.3. The molecule has 1 amide bonds. The molecule has 0 atom stereocenters. The highest BCUT2D eigenvalue weighted by atomic mass is 16.3. The normalized spacial score (nSPS) is 15.1. The van der Waals surface area contributed by atoms with Crippen molar-refractivity contribution in [3.8, 4) is 11.1 Å². The van der Waals surface area contributed by atoms with Crippen molar-refractivity contribution < 1.29 is 9.21 Å². The van der Waals surface area contributed by atoms with E-state index in [1.807, 2.05) is 66.7 Å². The first kappa shape index (κ1) is 20.5. The van der Waals surface area contributed by atoms with Crippen LogP contribution in [0, 0.1) is 0 Å². The lowest BCUT2D eigenvalue weighted by molar-refractivity contribution is -0.116. The van der Waals surface area contributed by atoms with E-state index in [0.717, 1.165) is 66.3 Å². The second-order valence-electron chi connectivity index (χ2n) is 8.35. The molecule has 0 unspecified atom stereocenters. The number of rotatable bonds is 6. The number of anilines is 1. The van der Waals surface area contributed by atoms with Crippen molar-refractivity contribution >= 4 is 22.7 Å². The SMILES string of the molecule is O=C(CCN1CCC(c2nc3ccccc3o2)CC1)Nc1ccccc1-c1ccccc1. The van der Waals surface area contributed by atoms with Crippen molar-refractivity contribution in [1.82, 2.24) is 9.88 Å². The highest BCUT2D eigenvalue weighted by Crippen LogP contribution is 2.30. The lowest BCUT2D eigenvalue weighted by Crippen LogP contribution is -2.35. The fraction of sp³-hybridized carbons (Fsp3) is 0.259. The summed E-state index contributed by atoms with van der Waals surface area (Å²) in [6.45, 7) is 2.67. The molecule has 1 aliphatic rings. The summed E-state index contributed by atoms with van der Waals surface area (Å²) in [5.41, 5.74) is 4.79. The van der Waals surface area contributed by atoms with Gasteiger partial charge in [0, 0.05) is 30.1 Å². The number of carbonyl (C=O) groups is 1. The van der Waals surface area contributed by atoms with Gasteiger partial charge >= 0.3 is 0 Å². The predicted molar refractivity (Wildman–Crippen MR) is 128 cm³/mol. The molecule has 162 valence electrons. The van der Waals surface area contributed by atoms with Gasteiger partial charge in [-0.3, -0.25) is 4.79 Å². The molecule has 2 heterocycles. The van der Waals surface area contributed by atoms with Crippen LogP contribution >= 0.6 is 0 Å². The van der Waals surface area contributed by atoms with Crippen molar-refractivity contribution in [3.63, 3.8) is 0 Å². The number of nitrogens with zero attached hydrogens (tertiary/aromatic N) is 2. The molecule has 1 saturated heterocycles. The molecule has 0 aliphatic carbocycles. The van der Waals surface area contributed by atoms with Gasteiger partial charge in [0.05, 0.1) is 0 Å². The molecule has 1 aliphatic heterocycles. The third-order valence-corrected chi connectivity index (χ3v) is 6.19. The lowest BCUT2D eigenvalue weighted by atomic mass is 9.96. The summed E-state index contributed by atoms with van der Waals surface area (Å²) in [5.74, 6) is 1.25. The molecular formula is C27H27N3O2. The number of carbonyl (C=O) groups excluding carboxylic acids is 1. The summed E-state index contributed by atoms with van der Waals surface area (Å²) in [6.07, 6.45) is 2.49. The third kappa shape index (κ3) is 4.58. The Kier molecular flexibility index (Phi) is 5.99. The molecule has 0 bridgehead atoms. The summed E-state index contributed by atoms with van der Waals surface area (Å²) in [6, 6.07) is 26.0. The maximum Gasteiger partial charge on any atom is 0.225 e. The largest absolute Gasteiger partial charge is 0.440 e. The van der Waals surface area contributed by atoms with Gasteiger partial charge in [-0.15, -0.1) is 0 Å². The van der Waals surface area contributed by atoms with E-state index in [2.05, 4.69) is 27.3 Å². The number of nitrogens with one attached hydrogen (secondary N) is 1. The molecule has 0 saturated carbocycles. The fourth-order valence-electron chi connectivity index (χ4n) is 4.40. The van der Waals surface area contributed by atoms with E-state index in [9.17, 15) is 4.79 Å². The van der Waals surface area contributed by atoms with Gasteiger partial charge in [0.2, 0.25) is 5.91 Å².